The number of fused-ring (bicyclic) bond motifs is 1. The zero-order valence-corrected chi connectivity index (χ0v) is 21.6. The first-order valence-electron chi connectivity index (χ1n) is 12.2. The summed E-state index contributed by atoms with van der Waals surface area (Å²) in [5.41, 5.74) is 10.2. The van der Waals surface area contributed by atoms with Crippen LogP contribution in [0.2, 0.25) is 0 Å². The Morgan fingerprint density at radius 1 is 1.13 bits per heavy atom. The summed E-state index contributed by atoms with van der Waals surface area (Å²) in [6, 6.07) is 15.9. The lowest BCUT2D eigenvalue weighted by Crippen LogP contribution is -2.17. The van der Waals surface area contributed by atoms with Crippen LogP contribution in [0.15, 0.2) is 70.1 Å². The second-order valence-electron chi connectivity index (χ2n) is 9.00. The number of aromatic nitrogens is 3. The molecule has 3 aromatic heterocycles. The second-order valence-corrected chi connectivity index (χ2v) is 9.00. The third kappa shape index (κ3) is 4.38. The Hall–Kier alpha value is -5.36. The molecule has 3 N–H and O–H groups in total. The standard InChI is InChI=1S/C30H25N5O4/c1-5-18-16-32-26(29(37)33-22-9-7-8-21(14-22)28(31)36)27-23(18)15-24(35(27)6-2)19-10-12-20(13-11-19)25-17(3)39-34(4)30(25)38/h1,7-16H,6H2,2-4H3,(H2,31,36)(H,33,37). The minimum absolute atomic E-state index is 0.190. The molecule has 5 aromatic rings. The first-order valence-corrected chi connectivity index (χ1v) is 12.2. The molecule has 0 fully saturated rings. The van der Waals surface area contributed by atoms with Crippen LogP contribution >= 0.6 is 0 Å². The van der Waals surface area contributed by atoms with E-state index in [0.717, 1.165) is 16.8 Å². The second kappa shape index (κ2) is 9.84. The molecule has 3 heterocycles. The van der Waals surface area contributed by atoms with Crippen LogP contribution in [-0.2, 0) is 13.6 Å². The van der Waals surface area contributed by atoms with Crippen LogP contribution < -0.4 is 16.6 Å². The van der Waals surface area contributed by atoms with Crippen LogP contribution in [0.3, 0.4) is 0 Å². The van der Waals surface area contributed by atoms with E-state index in [1.165, 1.54) is 17.0 Å². The van der Waals surface area contributed by atoms with E-state index in [1.54, 1.807) is 32.2 Å². The lowest BCUT2D eigenvalue weighted by molar-refractivity contribution is 0.0995. The van der Waals surface area contributed by atoms with E-state index in [-0.39, 0.29) is 16.8 Å². The van der Waals surface area contributed by atoms with Crippen molar-refractivity contribution in [2.24, 2.45) is 12.8 Å². The van der Waals surface area contributed by atoms with Crippen LogP contribution in [0, 0.1) is 19.3 Å². The van der Waals surface area contributed by atoms with Gasteiger partial charge in [-0.05, 0) is 49.2 Å². The van der Waals surface area contributed by atoms with Crippen molar-refractivity contribution in [3.63, 3.8) is 0 Å². The van der Waals surface area contributed by atoms with Gasteiger partial charge in [0.25, 0.3) is 11.5 Å². The molecule has 0 aliphatic heterocycles. The molecule has 9 nitrogen and oxygen atoms in total. The molecule has 0 bridgehead atoms. The first-order chi connectivity index (χ1) is 18.7. The van der Waals surface area contributed by atoms with Gasteiger partial charge in [0.05, 0.1) is 16.6 Å². The highest BCUT2D eigenvalue weighted by atomic mass is 16.5. The van der Waals surface area contributed by atoms with Gasteiger partial charge in [-0.2, -0.15) is 4.74 Å². The van der Waals surface area contributed by atoms with Crippen molar-refractivity contribution in [2.45, 2.75) is 20.4 Å². The molecule has 0 saturated heterocycles. The fraction of sp³-hybridized carbons (Fsp3) is 0.133. The molecule has 0 atom stereocenters. The first kappa shape index (κ1) is 25.3. The maximum atomic E-state index is 13.4. The van der Waals surface area contributed by atoms with Gasteiger partial charge >= 0.3 is 0 Å². The Balaban J connectivity index is 1.60. The summed E-state index contributed by atoms with van der Waals surface area (Å²) in [5.74, 6) is 2.16. The fourth-order valence-corrected chi connectivity index (χ4v) is 4.79. The number of pyridine rings is 1. The number of carbonyl (C=O) groups is 2. The normalized spacial score (nSPS) is 10.9. The number of hydrogen-bond acceptors (Lipinski definition) is 5. The fourth-order valence-electron chi connectivity index (χ4n) is 4.79. The Kier molecular flexibility index (Phi) is 6.38. The van der Waals surface area contributed by atoms with E-state index in [1.807, 2.05) is 41.8 Å². The Morgan fingerprint density at radius 3 is 2.46 bits per heavy atom. The molecule has 194 valence electrons. The number of primary amides is 1. The number of anilines is 1. The molecule has 9 heteroatoms. The average Bonchev–Trinajstić information content (AvgIpc) is 3.44. The van der Waals surface area contributed by atoms with Gasteiger partial charge < -0.3 is 20.1 Å². The van der Waals surface area contributed by atoms with Crippen molar-refractivity contribution < 1.29 is 14.1 Å². The molecule has 0 spiro atoms. The van der Waals surface area contributed by atoms with Crippen molar-refractivity contribution >= 4 is 28.4 Å². The zero-order valence-electron chi connectivity index (χ0n) is 21.6. The van der Waals surface area contributed by atoms with Crippen molar-refractivity contribution in [3.8, 4) is 34.7 Å². The van der Waals surface area contributed by atoms with E-state index in [9.17, 15) is 14.4 Å². The van der Waals surface area contributed by atoms with E-state index >= 15 is 0 Å². The highest BCUT2D eigenvalue weighted by molar-refractivity contribution is 6.12. The van der Waals surface area contributed by atoms with E-state index < -0.39 is 11.8 Å². The van der Waals surface area contributed by atoms with Crippen molar-refractivity contribution in [1.29, 1.82) is 0 Å². The molecule has 5 rings (SSSR count). The summed E-state index contributed by atoms with van der Waals surface area (Å²) in [6.07, 6.45) is 7.28. The lowest BCUT2D eigenvalue weighted by atomic mass is 10.0. The number of aryl methyl sites for hydroxylation is 3. The number of rotatable bonds is 6. The van der Waals surface area contributed by atoms with Gasteiger partial charge in [-0.1, -0.05) is 36.3 Å². The number of nitrogens with zero attached hydrogens (tertiary/aromatic N) is 3. The Bertz CT molecular complexity index is 1870. The van der Waals surface area contributed by atoms with Crippen molar-refractivity contribution in [1.82, 2.24) is 14.3 Å². The van der Waals surface area contributed by atoms with Gasteiger partial charge in [0.15, 0.2) is 5.69 Å². The van der Waals surface area contributed by atoms with Gasteiger partial charge in [0.2, 0.25) is 5.91 Å². The van der Waals surface area contributed by atoms with Gasteiger partial charge in [0, 0.05) is 42.1 Å². The zero-order chi connectivity index (χ0) is 27.8. The Morgan fingerprint density at radius 2 is 1.85 bits per heavy atom. The predicted octanol–water partition coefficient (Wildman–Crippen LogP) is 4.32. The molecule has 2 aromatic carbocycles. The van der Waals surface area contributed by atoms with Crippen LogP contribution in [0.4, 0.5) is 5.69 Å². The number of benzene rings is 2. The van der Waals surface area contributed by atoms with Crippen LogP contribution in [0.5, 0.6) is 0 Å². The van der Waals surface area contributed by atoms with Gasteiger partial charge in [0.1, 0.15) is 5.76 Å². The molecular formula is C30H25N5O4. The molecule has 0 aliphatic carbocycles. The maximum absolute atomic E-state index is 13.4. The Labute approximate surface area is 223 Å². The third-order valence-corrected chi connectivity index (χ3v) is 6.62. The van der Waals surface area contributed by atoms with Crippen LogP contribution in [0.1, 0.15) is 39.1 Å². The third-order valence-electron chi connectivity index (χ3n) is 6.62. The number of carbonyl (C=O) groups excluding carboxylic acids is 2. The highest BCUT2D eigenvalue weighted by Gasteiger charge is 2.22. The largest absolute Gasteiger partial charge is 0.381 e. The maximum Gasteiger partial charge on any atom is 0.290 e. The van der Waals surface area contributed by atoms with Crippen molar-refractivity contribution in [2.75, 3.05) is 5.32 Å². The number of hydrogen-bond donors (Lipinski definition) is 2. The number of terminal acetylenes is 1. The summed E-state index contributed by atoms with van der Waals surface area (Å²) in [6.45, 7) is 4.26. The summed E-state index contributed by atoms with van der Waals surface area (Å²) >= 11 is 0. The molecule has 39 heavy (non-hydrogen) atoms. The smallest absolute Gasteiger partial charge is 0.290 e. The average molecular weight is 520 g/mol. The molecule has 0 aliphatic rings. The highest BCUT2D eigenvalue weighted by Crippen LogP contribution is 2.33. The van der Waals surface area contributed by atoms with Crippen LogP contribution in [0.25, 0.3) is 33.3 Å². The number of nitrogens with one attached hydrogen (secondary N) is 1. The van der Waals surface area contributed by atoms with E-state index in [0.29, 0.717) is 40.0 Å². The van der Waals surface area contributed by atoms with Gasteiger partial charge in [-0.25, -0.2) is 4.98 Å². The summed E-state index contributed by atoms with van der Waals surface area (Å²) in [5, 5.41) is 3.52. The minimum Gasteiger partial charge on any atom is -0.381 e. The molecule has 0 saturated carbocycles. The number of nitrogens with two attached hydrogens (primary N) is 1. The van der Waals surface area contributed by atoms with Gasteiger partial charge in [-0.15, -0.1) is 6.42 Å². The summed E-state index contributed by atoms with van der Waals surface area (Å²) < 4.78 is 8.61. The lowest BCUT2D eigenvalue weighted by Gasteiger charge is -2.12. The van der Waals surface area contributed by atoms with Gasteiger partial charge in [-0.3, -0.25) is 14.4 Å². The quantitative estimate of drug-likeness (QED) is 0.323. The monoisotopic (exact) mass is 519 g/mol. The topological polar surface area (TPSA) is 125 Å². The minimum atomic E-state index is -0.594. The SMILES string of the molecule is C#Cc1cnc(C(=O)Nc2cccc(C(N)=O)c2)c2c1cc(-c1ccc(-c3c(C)on(C)c3=O)cc1)n2CC. The van der Waals surface area contributed by atoms with Crippen molar-refractivity contribution in [3.05, 3.63) is 93.7 Å². The molecule has 0 unspecified atom stereocenters. The molecular weight excluding hydrogens is 494 g/mol. The molecule has 0 radical (unpaired) electrons. The summed E-state index contributed by atoms with van der Waals surface area (Å²) in [7, 11) is 1.58. The number of amides is 2. The predicted molar refractivity (Wildman–Crippen MR) is 149 cm³/mol. The van der Waals surface area contributed by atoms with E-state index in [2.05, 4.69) is 16.2 Å². The summed E-state index contributed by atoms with van der Waals surface area (Å²) in [4.78, 5) is 41.9. The van der Waals surface area contributed by atoms with E-state index in [4.69, 9.17) is 16.7 Å². The molecule has 2 amide bonds. The van der Waals surface area contributed by atoms with Crippen LogP contribution in [-0.4, -0.2) is 26.1 Å².